The van der Waals surface area contributed by atoms with Crippen molar-refractivity contribution < 1.29 is 9.90 Å². The number of benzene rings is 1. The van der Waals surface area contributed by atoms with Crippen LogP contribution in [0, 0.1) is 20.8 Å². The molecule has 21 heavy (non-hydrogen) atoms. The fourth-order valence-corrected chi connectivity index (χ4v) is 2.50. The van der Waals surface area contributed by atoms with Crippen molar-refractivity contribution in [3.05, 3.63) is 56.2 Å². The molecule has 0 bridgehead atoms. The zero-order valence-electron chi connectivity index (χ0n) is 12.0. The van der Waals surface area contributed by atoms with Crippen molar-refractivity contribution in [3.63, 3.8) is 0 Å². The summed E-state index contributed by atoms with van der Waals surface area (Å²) in [7, 11) is 0. The van der Waals surface area contributed by atoms with Crippen LogP contribution in [0.15, 0.2) is 23.0 Å². The third-order valence-corrected chi connectivity index (χ3v) is 3.88. The molecule has 0 aliphatic carbocycles. The number of nitrogens with zero attached hydrogens (tertiary/aromatic N) is 2. The van der Waals surface area contributed by atoms with Gasteiger partial charge >= 0.3 is 11.7 Å². The third-order valence-electron chi connectivity index (χ3n) is 3.47. The van der Waals surface area contributed by atoms with Gasteiger partial charge in [-0.1, -0.05) is 17.7 Å². The Morgan fingerprint density at radius 3 is 2.62 bits per heavy atom. The quantitative estimate of drug-likeness (QED) is 0.945. The van der Waals surface area contributed by atoms with Gasteiger partial charge < -0.3 is 5.11 Å². The molecule has 0 fully saturated rings. The van der Waals surface area contributed by atoms with E-state index in [1.165, 1.54) is 4.57 Å². The van der Waals surface area contributed by atoms with Crippen LogP contribution in [0.5, 0.6) is 0 Å². The first-order chi connectivity index (χ1) is 9.82. The maximum atomic E-state index is 12.2. The van der Waals surface area contributed by atoms with E-state index in [1.54, 1.807) is 39.0 Å². The average Bonchev–Trinajstić information content (AvgIpc) is 2.39. The molecule has 0 amide bonds. The van der Waals surface area contributed by atoms with Crippen LogP contribution < -0.4 is 5.69 Å². The molecule has 0 atom stereocenters. The molecule has 2 aromatic rings. The number of aryl methyl sites for hydroxylation is 1. The molecule has 0 aliphatic rings. The summed E-state index contributed by atoms with van der Waals surface area (Å²) >= 11 is 6.09. The van der Waals surface area contributed by atoms with Crippen molar-refractivity contribution in [1.82, 2.24) is 9.55 Å². The van der Waals surface area contributed by atoms with E-state index in [-0.39, 0.29) is 6.42 Å². The second-order valence-corrected chi connectivity index (χ2v) is 5.24. The van der Waals surface area contributed by atoms with Crippen molar-refractivity contribution in [2.24, 2.45) is 0 Å². The number of hydrogen-bond donors (Lipinski definition) is 1. The van der Waals surface area contributed by atoms with Crippen molar-refractivity contribution in [3.8, 4) is 5.69 Å². The standard InChI is InChI=1S/C15H15ClN2O3/c1-8-12(16)5-4-6-13(8)18-10(3)11(7-14(19)20)9(2)17-15(18)21/h4-6H,7H2,1-3H3,(H,19,20). The summed E-state index contributed by atoms with van der Waals surface area (Å²) in [6, 6.07) is 5.24. The Kier molecular flexibility index (Phi) is 4.14. The van der Waals surface area contributed by atoms with Crippen molar-refractivity contribution in [1.29, 1.82) is 0 Å². The molecular formula is C15H15ClN2O3. The van der Waals surface area contributed by atoms with Gasteiger partial charge in [0.05, 0.1) is 12.1 Å². The average molecular weight is 307 g/mol. The predicted octanol–water partition coefficient (Wildman–Crippen LogP) is 2.44. The maximum Gasteiger partial charge on any atom is 0.352 e. The van der Waals surface area contributed by atoms with Crippen molar-refractivity contribution in [2.45, 2.75) is 27.2 Å². The Hall–Kier alpha value is -2.14. The summed E-state index contributed by atoms with van der Waals surface area (Å²) in [5.74, 6) is -0.962. The first-order valence-electron chi connectivity index (χ1n) is 6.39. The van der Waals surface area contributed by atoms with Crippen LogP contribution >= 0.6 is 11.6 Å². The molecule has 5 nitrogen and oxygen atoms in total. The Balaban J connectivity index is 2.78. The van der Waals surface area contributed by atoms with E-state index < -0.39 is 11.7 Å². The number of aliphatic carboxylic acids is 1. The number of rotatable bonds is 3. The molecule has 0 aliphatic heterocycles. The number of aromatic nitrogens is 2. The van der Waals surface area contributed by atoms with Crippen LogP contribution in [0.25, 0.3) is 5.69 Å². The van der Waals surface area contributed by atoms with Crippen LogP contribution in [0.2, 0.25) is 5.02 Å². The molecule has 6 heteroatoms. The van der Waals surface area contributed by atoms with Crippen molar-refractivity contribution in [2.75, 3.05) is 0 Å². The normalized spacial score (nSPS) is 10.7. The number of halogens is 1. The Morgan fingerprint density at radius 2 is 2.00 bits per heavy atom. The lowest BCUT2D eigenvalue weighted by molar-refractivity contribution is -0.136. The Labute approximate surface area is 126 Å². The monoisotopic (exact) mass is 306 g/mol. The predicted molar refractivity (Wildman–Crippen MR) is 80.4 cm³/mol. The molecule has 1 aromatic heterocycles. The second kappa shape index (κ2) is 5.69. The maximum absolute atomic E-state index is 12.2. The van der Waals surface area contributed by atoms with Gasteiger partial charge in [-0.05, 0) is 38.5 Å². The van der Waals surface area contributed by atoms with Gasteiger partial charge in [0, 0.05) is 22.0 Å². The molecule has 0 unspecified atom stereocenters. The van der Waals surface area contributed by atoms with E-state index >= 15 is 0 Å². The van der Waals surface area contributed by atoms with E-state index in [9.17, 15) is 9.59 Å². The van der Waals surface area contributed by atoms with Gasteiger partial charge in [0.25, 0.3) is 0 Å². The summed E-state index contributed by atoms with van der Waals surface area (Å²) < 4.78 is 1.41. The lowest BCUT2D eigenvalue weighted by Crippen LogP contribution is -2.27. The number of carboxylic acids is 1. The lowest BCUT2D eigenvalue weighted by atomic mass is 10.1. The smallest absolute Gasteiger partial charge is 0.352 e. The van der Waals surface area contributed by atoms with E-state index in [1.807, 2.05) is 0 Å². The van der Waals surface area contributed by atoms with Crippen LogP contribution in [0.4, 0.5) is 0 Å². The van der Waals surface area contributed by atoms with Crippen LogP contribution in [0.3, 0.4) is 0 Å². The highest BCUT2D eigenvalue weighted by Crippen LogP contribution is 2.23. The highest BCUT2D eigenvalue weighted by molar-refractivity contribution is 6.31. The van der Waals surface area contributed by atoms with E-state index in [2.05, 4.69) is 4.98 Å². The molecule has 0 spiro atoms. The summed E-state index contributed by atoms with van der Waals surface area (Å²) in [4.78, 5) is 27.2. The fraction of sp³-hybridized carbons (Fsp3) is 0.267. The first kappa shape index (κ1) is 15.3. The molecule has 1 heterocycles. The minimum Gasteiger partial charge on any atom is -0.481 e. The summed E-state index contributed by atoms with van der Waals surface area (Å²) in [6.45, 7) is 5.16. The van der Waals surface area contributed by atoms with Crippen LogP contribution in [-0.4, -0.2) is 20.6 Å². The first-order valence-corrected chi connectivity index (χ1v) is 6.77. The number of hydrogen-bond acceptors (Lipinski definition) is 3. The largest absolute Gasteiger partial charge is 0.481 e. The highest BCUT2D eigenvalue weighted by atomic mass is 35.5. The number of carboxylic acid groups (broad SMARTS) is 1. The molecule has 110 valence electrons. The molecule has 0 saturated carbocycles. The molecule has 0 radical (unpaired) electrons. The Morgan fingerprint density at radius 1 is 1.33 bits per heavy atom. The summed E-state index contributed by atoms with van der Waals surface area (Å²) in [5.41, 5.74) is 2.47. The van der Waals surface area contributed by atoms with E-state index in [4.69, 9.17) is 16.7 Å². The van der Waals surface area contributed by atoms with Gasteiger partial charge in [-0.25, -0.2) is 4.79 Å². The minimum absolute atomic E-state index is 0.176. The van der Waals surface area contributed by atoms with Gasteiger partial charge in [-0.3, -0.25) is 9.36 Å². The second-order valence-electron chi connectivity index (χ2n) is 4.83. The highest BCUT2D eigenvalue weighted by Gasteiger charge is 2.16. The van der Waals surface area contributed by atoms with Gasteiger partial charge in [0.2, 0.25) is 0 Å². The molecule has 2 rings (SSSR count). The summed E-state index contributed by atoms with van der Waals surface area (Å²) in [5, 5.41) is 9.55. The van der Waals surface area contributed by atoms with Gasteiger partial charge in [-0.15, -0.1) is 0 Å². The third kappa shape index (κ3) is 2.83. The van der Waals surface area contributed by atoms with Gasteiger partial charge in [0.1, 0.15) is 0 Å². The van der Waals surface area contributed by atoms with Crippen molar-refractivity contribution >= 4 is 17.6 Å². The van der Waals surface area contributed by atoms with E-state index in [0.717, 1.165) is 5.56 Å². The number of carbonyl (C=O) groups is 1. The zero-order chi connectivity index (χ0) is 15.7. The fourth-order valence-electron chi connectivity index (χ4n) is 2.33. The zero-order valence-corrected chi connectivity index (χ0v) is 12.7. The molecule has 1 N–H and O–H groups in total. The lowest BCUT2D eigenvalue weighted by Gasteiger charge is -2.16. The minimum atomic E-state index is -0.962. The topological polar surface area (TPSA) is 72.2 Å². The molecule has 0 saturated heterocycles. The van der Waals surface area contributed by atoms with Crippen LogP contribution in [-0.2, 0) is 11.2 Å². The van der Waals surface area contributed by atoms with E-state index in [0.29, 0.717) is 27.7 Å². The summed E-state index contributed by atoms with van der Waals surface area (Å²) in [6.07, 6.45) is -0.176. The van der Waals surface area contributed by atoms with Crippen LogP contribution in [0.1, 0.15) is 22.5 Å². The Bertz CT molecular complexity index is 781. The SMILES string of the molecule is Cc1nc(=O)n(-c2cccc(Cl)c2C)c(C)c1CC(=O)O. The van der Waals surface area contributed by atoms with Gasteiger partial charge in [-0.2, -0.15) is 4.98 Å². The molecule has 1 aromatic carbocycles. The van der Waals surface area contributed by atoms with Gasteiger partial charge in [0.15, 0.2) is 0 Å². The molecular weight excluding hydrogens is 292 g/mol.